The standard InChI is InChI=1S/C17H11NO3.ClH/c19-16-17(11-3-1-2-4-13(11)18-16)9-21-15-8-14-10(5-6-20-14)7-12(15)17;/h1-8H,9H2,(H,18,19);1H. The Labute approximate surface area is 132 Å². The molecule has 1 spiro atoms. The predicted molar refractivity (Wildman–Crippen MR) is 84.8 cm³/mol. The Morgan fingerprint density at radius 2 is 1.95 bits per heavy atom. The third kappa shape index (κ3) is 1.40. The number of furan rings is 1. The summed E-state index contributed by atoms with van der Waals surface area (Å²) in [5.74, 6) is 0.703. The number of para-hydroxylation sites is 1. The van der Waals surface area contributed by atoms with Crippen molar-refractivity contribution in [2.45, 2.75) is 5.41 Å². The molecule has 3 heterocycles. The number of carbonyl (C=O) groups excluding carboxylic acids is 1. The first kappa shape index (κ1) is 13.2. The maximum atomic E-state index is 12.7. The van der Waals surface area contributed by atoms with Crippen LogP contribution in [0, 0.1) is 0 Å². The van der Waals surface area contributed by atoms with Gasteiger partial charge in [0.2, 0.25) is 5.91 Å². The Morgan fingerprint density at radius 3 is 2.86 bits per heavy atom. The molecular formula is C17H12ClNO3. The molecule has 22 heavy (non-hydrogen) atoms. The van der Waals surface area contributed by atoms with Gasteiger partial charge >= 0.3 is 0 Å². The minimum atomic E-state index is -0.739. The topological polar surface area (TPSA) is 51.5 Å². The van der Waals surface area contributed by atoms with Gasteiger partial charge in [0, 0.05) is 22.7 Å². The normalized spacial score (nSPS) is 21.2. The van der Waals surface area contributed by atoms with Gasteiger partial charge in [-0.1, -0.05) is 18.2 Å². The fraction of sp³-hybridized carbons (Fsp3) is 0.118. The zero-order valence-corrected chi connectivity index (χ0v) is 12.3. The molecule has 5 rings (SSSR count). The first-order valence-electron chi connectivity index (χ1n) is 6.84. The number of amides is 1. The van der Waals surface area contributed by atoms with E-state index < -0.39 is 5.41 Å². The van der Waals surface area contributed by atoms with Crippen molar-refractivity contribution < 1.29 is 13.9 Å². The van der Waals surface area contributed by atoms with Gasteiger partial charge in [-0.15, -0.1) is 12.4 Å². The van der Waals surface area contributed by atoms with E-state index in [1.165, 1.54) is 0 Å². The van der Waals surface area contributed by atoms with E-state index in [0.29, 0.717) is 6.61 Å². The van der Waals surface area contributed by atoms with E-state index in [9.17, 15) is 4.79 Å². The van der Waals surface area contributed by atoms with Crippen LogP contribution >= 0.6 is 12.4 Å². The molecule has 0 radical (unpaired) electrons. The predicted octanol–water partition coefficient (Wildman–Crippen LogP) is 3.49. The smallest absolute Gasteiger partial charge is 0.243 e. The Kier molecular flexibility index (Phi) is 2.57. The fourth-order valence-electron chi connectivity index (χ4n) is 3.43. The lowest BCUT2D eigenvalue weighted by molar-refractivity contribution is -0.119. The average molecular weight is 314 g/mol. The second-order valence-corrected chi connectivity index (χ2v) is 5.50. The molecule has 1 amide bonds. The molecule has 1 N–H and O–H groups in total. The van der Waals surface area contributed by atoms with Gasteiger partial charge in [0.05, 0.1) is 6.26 Å². The summed E-state index contributed by atoms with van der Waals surface area (Å²) in [7, 11) is 0. The highest BCUT2D eigenvalue weighted by Gasteiger charge is 2.53. The first-order chi connectivity index (χ1) is 10.3. The van der Waals surface area contributed by atoms with Crippen LogP contribution in [0.4, 0.5) is 5.69 Å². The molecule has 1 aromatic heterocycles. The number of fused-ring (bicyclic) bond motifs is 5. The fourth-order valence-corrected chi connectivity index (χ4v) is 3.43. The third-order valence-electron chi connectivity index (χ3n) is 4.48. The number of nitrogens with one attached hydrogen (secondary N) is 1. The molecule has 0 fully saturated rings. The minimum Gasteiger partial charge on any atom is -0.491 e. The molecule has 0 bridgehead atoms. The molecule has 2 aliphatic heterocycles. The Balaban J connectivity index is 0.00000125. The summed E-state index contributed by atoms with van der Waals surface area (Å²) in [6.07, 6.45) is 1.65. The van der Waals surface area contributed by atoms with Crippen LogP contribution in [0.15, 0.2) is 53.1 Å². The van der Waals surface area contributed by atoms with E-state index in [2.05, 4.69) is 5.32 Å². The number of hydrogen-bond donors (Lipinski definition) is 1. The largest absolute Gasteiger partial charge is 0.491 e. The van der Waals surface area contributed by atoms with Crippen molar-refractivity contribution in [3.8, 4) is 5.75 Å². The maximum absolute atomic E-state index is 12.7. The van der Waals surface area contributed by atoms with Gasteiger partial charge in [0.25, 0.3) is 0 Å². The van der Waals surface area contributed by atoms with E-state index in [0.717, 1.165) is 33.5 Å². The average Bonchev–Trinajstić information content (AvgIpc) is 3.16. The van der Waals surface area contributed by atoms with E-state index >= 15 is 0 Å². The number of anilines is 1. The van der Waals surface area contributed by atoms with Crippen molar-refractivity contribution in [2.24, 2.45) is 0 Å². The molecule has 0 aliphatic carbocycles. The number of benzene rings is 2. The zero-order valence-electron chi connectivity index (χ0n) is 11.5. The summed E-state index contributed by atoms with van der Waals surface area (Å²) in [6, 6.07) is 13.6. The second-order valence-electron chi connectivity index (χ2n) is 5.50. The summed E-state index contributed by atoms with van der Waals surface area (Å²) < 4.78 is 11.2. The van der Waals surface area contributed by atoms with Gasteiger partial charge in [-0.05, 0) is 23.8 Å². The zero-order chi connectivity index (χ0) is 14.0. The van der Waals surface area contributed by atoms with Crippen molar-refractivity contribution in [1.82, 2.24) is 0 Å². The number of ether oxygens (including phenoxy) is 1. The first-order valence-corrected chi connectivity index (χ1v) is 6.84. The van der Waals surface area contributed by atoms with Crippen LogP contribution in [0.3, 0.4) is 0 Å². The van der Waals surface area contributed by atoms with Crippen LogP contribution in [-0.4, -0.2) is 12.5 Å². The molecule has 4 nitrogen and oxygen atoms in total. The van der Waals surface area contributed by atoms with Crippen LogP contribution < -0.4 is 10.1 Å². The molecule has 5 heteroatoms. The Morgan fingerprint density at radius 1 is 1.09 bits per heavy atom. The maximum Gasteiger partial charge on any atom is 0.243 e. The highest BCUT2D eigenvalue weighted by atomic mass is 35.5. The summed E-state index contributed by atoms with van der Waals surface area (Å²) in [4.78, 5) is 12.7. The monoisotopic (exact) mass is 313 g/mol. The van der Waals surface area contributed by atoms with Crippen LogP contribution in [0.25, 0.3) is 11.0 Å². The molecule has 2 aliphatic rings. The SMILES string of the molecule is Cl.O=C1Nc2ccccc2C12COc1cc3occc3cc12. The Hall–Kier alpha value is -2.46. The van der Waals surface area contributed by atoms with Gasteiger partial charge < -0.3 is 14.5 Å². The molecule has 1 atom stereocenters. The minimum absolute atomic E-state index is 0. The van der Waals surface area contributed by atoms with Gasteiger partial charge in [0.15, 0.2) is 0 Å². The van der Waals surface area contributed by atoms with Crippen LogP contribution in [-0.2, 0) is 10.2 Å². The third-order valence-corrected chi connectivity index (χ3v) is 4.48. The molecule has 0 saturated heterocycles. The van der Waals surface area contributed by atoms with Crippen molar-refractivity contribution >= 4 is 35.0 Å². The summed E-state index contributed by atoms with van der Waals surface area (Å²) in [6.45, 7) is 0.331. The van der Waals surface area contributed by atoms with Crippen LogP contribution in [0.2, 0.25) is 0 Å². The van der Waals surface area contributed by atoms with Gasteiger partial charge in [-0.3, -0.25) is 4.79 Å². The molecule has 1 unspecified atom stereocenters. The van der Waals surface area contributed by atoms with Gasteiger partial charge in [-0.25, -0.2) is 0 Å². The quantitative estimate of drug-likeness (QED) is 0.691. The van der Waals surface area contributed by atoms with E-state index in [4.69, 9.17) is 9.15 Å². The summed E-state index contributed by atoms with van der Waals surface area (Å²) in [5, 5.41) is 3.95. The summed E-state index contributed by atoms with van der Waals surface area (Å²) in [5.41, 5.74) is 2.80. The highest BCUT2D eigenvalue weighted by Crippen LogP contribution is 2.50. The van der Waals surface area contributed by atoms with Crippen molar-refractivity contribution in [2.75, 3.05) is 11.9 Å². The van der Waals surface area contributed by atoms with Crippen molar-refractivity contribution in [3.05, 3.63) is 59.9 Å². The molecule has 0 saturated carbocycles. The van der Waals surface area contributed by atoms with Crippen LogP contribution in [0.1, 0.15) is 11.1 Å². The lowest BCUT2D eigenvalue weighted by atomic mass is 9.77. The van der Waals surface area contributed by atoms with Crippen LogP contribution in [0.5, 0.6) is 5.75 Å². The molecule has 3 aromatic rings. The molecule has 110 valence electrons. The number of carbonyl (C=O) groups is 1. The lowest BCUT2D eigenvalue weighted by Gasteiger charge is -2.19. The van der Waals surface area contributed by atoms with E-state index in [1.807, 2.05) is 42.5 Å². The number of hydrogen-bond acceptors (Lipinski definition) is 3. The van der Waals surface area contributed by atoms with E-state index in [-0.39, 0.29) is 18.3 Å². The Bertz CT molecular complexity index is 917. The van der Waals surface area contributed by atoms with Crippen molar-refractivity contribution in [3.63, 3.8) is 0 Å². The van der Waals surface area contributed by atoms with Gasteiger partial charge in [-0.2, -0.15) is 0 Å². The second kappa shape index (κ2) is 4.27. The van der Waals surface area contributed by atoms with Crippen molar-refractivity contribution in [1.29, 1.82) is 0 Å². The number of halogens is 1. The highest BCUT2D eigenvalue weighted by molar-refractivity contribution is 6.10. The molecule has 2 aromatic carbocycles. The van der Waals surface area contributed by atoms with Gasteiger partial charge in [0.1, 0.15) is 23.4 Å². The summed E-state index contributed by atoms with van der Waals surface area (Å²) >= 11 is 0. The molecular weight excluding hydrogens is 302 g/mol. The number of rotatable bonds is 0. The lowest BCUT2D eigenvalue weighted by Crippen LogP contribution is -2.37. The van der Waals surface area contributed by atoms with E-state index in [1.54, 1.807) is 6.26 Å².